The molecular weight excluding hydrogens is 214 g/mol. The quantitative estimate of drug-likeness (QED) is 0.565. The van der Waals surface area contributed by atoms with Gasteiger partial charge in [0.25, 0.3) is 0 Å². The van der Waals surface area contributed by atoms with Crippen molar-refractivity contribution in [2.45, 2.75) is 39.5 Å². The van der Waals surface area contributed by atoms with Crippen LogP contribution in [0.15, 0.2) is 0 Å². The third-order valence-corrected chi connectivity index (χ3v) is 3.94. The van der Waals surface area contributed by atoms with E-state index in [9.17, 15) is 0 Å². The van der Waals surface area contributed by atoms with Crippen LogP contribution in [-0.4, -0.2) is 40.0 Å². The molecule has 0 aliphatic heterocycles. The van der Waals surface area contributed by atoms with Crippen LogP contribution in [0, 0.1) is 11.3 Å². The van der Waals surface area contributed by atoms with Gasteiger partial charge in [-0.15, -0.1) is 0 Å². The number of ether oxygens (including phenoxy) is 2. The molecule has 0 saturated heterocycles. The molecule has 1 aliphatic carbocycles. The molecule has 0 aromatic heterocycles. The summed E-state index contributed by atoms with van der Waals surface area (Å²) in [6.45, 7) is 9.15. The fraction of sp³-hybridized carbons (Fsp3) is 1.00. The highest BCUT2D eigenvalue weighted by Crippen LogP contribution is 2.31. The standard InChI is InChI=1S/C14H29NO2/c1-4-14(5-2,11-15-8-9-16-3)12-17-10-13-6-7-13/h13,15H,4-12H2,1-3H3. The lowest BCUT2D eigenvalue weighted by molar-refractivity contribution is 0.0315. The summed E-state index contributed by atoms with van der Waals surface area (Å²) in [4.78, 5) is 0. The van der Waals surface area contributed by atoms with Crippen molar-refractivity contribution in [3.05, 3.63) is 0 Å². The highest BCUT2D eigenvalue weighted by atomic mass is 16.5. The largest absolute Gasteiger partial charge is 0.383 e. The number of nitrogens with one attached hydrogen (secondary N) is 1. The molecule has 0 aromatic carbocycles. The number of hydrogen-bond acceptors (Lipinski definition) is 3. The molecule has 0 atom stereocenters. The Morgan fingerprint density at radius 3 is 2.47 bits per heavy atom. The van der Waals surface area contributed by atoms with Gasteiger partial charge in [0.1, 0.15) is 0 Å². The Kier molecular flexibility index (Phi) is 7.09. The smallest absolute Gasteiger partial charge is 0.0587 e. The predicted molar refractivity (Wildman–Crippen MR) is 71.3 cm³/mol. The van der Waals surface area contributed by atoms with Crippen LogP contribution < -0.4 is 5.32 Å². The van der Waals surface area contributed by atoms with Crippen LogP contribution in [-0.2, 0) is 9.47 Å². The van der Waals surface area contributed by atoms with E-state index in [0.29, 0.717) is 5.41 Å². The van der Waals surface area contributed by atoms with Crippen molar-refractivity contribution in [3.8, 4) is 0 Å². The molecule has 0 spiro atoms. The molecule has 17 heavy (non-hydrogen) atoms. The van der Waals surface area contributed by atoms with Gasteiger partial charge in [0.2, 0.25) is 0 Å². The zero-order chi connectivity index (χ0) is 12.6. The normalized spacial score (nSPS) is 16.4. The van der Waals surface area contributed by atoms with Crippen LogP contribution in [0.4, 0.5) is 0 Å². The molecule has 0 bridgehead atoms. The van der Waals surface area contributed by atoms with E-state index in [1.54, 1.807) is 7.11 Å². The lowest BCUT2D eigenvalue weighted by Crippen LogP contribution is -2.38. The molecule has 1 rings (SSSR count). The van der Waals surface area contributed by atoms with Crippen molar-refractivity contribution in [2.75, 3.05) is 40.0 Å². The van der Waals surface area contributed by atoms with Crippen LogP contribution in [0.5, 0.6) is 0 Å². The summed E-state index contributed by atoms with van der Waals surface area (Å²) in [5.74, 6) is 0.864. The molecule has 0 unspecified atom stereocenters. The van der Waals surface area contributed by atoms with Crippen molar-refractivity contribution in [1.82, 2.24) is 5.32 Å². The molecule has 1 saturated carbocycles. The zero-order valence-corrected chi connectivity index (χ0v) is 11.8. The van der Waals surface area contributed by atoms with E-state index in [0.717, 1.165) is 38.8 Å². The molecule has 3 nitrogen and oxygen atoms in total. The Bertz CT molecular complexity index is 189. The van der Waals surface area contributed by atoms with Crippen molar-refractivity contribution >= 4 is 0 Å². The number of rotatable bonds is 11. The maximum Gasteiger partial charge on any atom is 0.0587 e. The second-order valence-corrected chi connectivity index (χ2v) is 5.34. The Balaban J connectivity index is 2.20. The summed E-state index contributed by atoms with van der Waals surface area (Å²) in [7, 11) is 1.74. The van der Waals surface area contributed by atoms with E-state index in [1.165, 1.54) is 25.7 Å². The third kappa shape index (κ3) is 5.84. The van der Waals surface area contributed by atoms with Crippen LogP contribution in [0.3, 0.4) is 0 Å². The monoisotopic (exact) mass is 243 g/mol. The Morgan fingerprint density at radius 2 is 1.94 bits per heavy atom. The van der Waals surface area contributed by atoms with Crippen LogP contribution >= 0.6 is 0 Å². The first kappa shape index (κ1) is 14.9. The van der Waals surface area contributed by atoms with Gasteiger partial charge in [-0.3, -0.25) is 0 Å². The minimum Gasteiger partial charge on any atom is -0.383 e. The molecule has 3 heteroatoms. The van der Waals surface area contributed by atoms with Crippen molar-refractivity contribution < 1.29 is 9.47 Å². The average Bonchev–Trinajstić information content (AvgIpc) is 3.17. The lowest BCUT2D eigenvalue weighted by Gasteiger charge is -2.32. The van der Waals surface area contributed by atoms with Gasteiger partial charge >= 0.3 is 0 Å². The van der Waals surface area contributed by atoms with E-state index < -0.39 is 0 Å². The van der Waals surface area contributed by atoms with E-state index in [1.807, 2.05) is 0 Å². The van der Waals surface area contributed by atoms with Crippen molar-refractivity contribution in [1.29, 1.82) is 0 Å². The van der Waals surface area contributed by atoms with Crippen LogP contribution in [0.2, 0.25) is 0 Å². The molecule has 1 fully saturated rings. The van der Waals surface area contributed by atoms with Gasteiger partial charge < -0.3 is 14.8 Å². The van der Waals surface area contributed by atoms with Crippen molar-refractivity contribution in [3.63, 3.8) is 0 Å². The Hall–Kier alpha value is -0.120. The van der Waals surface area contributed by atoms with E-state index >= 15 is 0 Å². The van der Waals surface area contributed by atoms with Gasteiger partial charge in [0.05, 0.1) is 13.2 Å². The molecule has 102 valence electrons. The molecule has 0 radical (unpaired) electrons. The number of methoxy groups -OCH3 is 1. The lowest BCUT2D eigenvalue weighted by atomic mass is 9.83. The summed E-state index contributed by atoms with van der Waals surface area (Å²) in [5.41, 5.74) is 0.308. The minimum atomic E-state index is 0.308. The van der Waals surface area contributed by atoms with Crippen LogP contribution in [0.1, 0.15) is 39.5 Å². The van der Waals surface area contributed by atoms with Gasteiger partial charge in [0.15, 0.2) is 0 Å². The molecule has 0 heterocycles. The predicted octanol–water partition coefficient (Wildman–Crippen LogP) is 2.46. The maximum atomic E-state index is 5.89. The van der Waals surface area contributed by atoms with Gasteiger partial charge in [-0.25, -0.2) is 0 Å². The van der Waals surface area contributed by atoms with Gasteiger partial charge in [0, 0.05) is 32.2 Å². The third-order valence-electron chi connectivity index (χ3n) is 3.94. The first-order valence-corrected chi connectivity index (χ1v) is 7.03. The number of hydrogen-bond donors (Lipinski definition) is 1. The van der Waals surface area contributed by atoms with E-state index in [2.05, 4.69) is 19.2 Å². The highest BCUT2D eigenvalue weighted by Gasteiger charge is 2.28. The molecule has 1 aliphatic rings. The molecular formula is C14H29NO2. The van der Waals surface area contributed by atoms with E-state index in [4.69, 9.17) is 9.47 Å². The summed E-state index contributed by atoms with van der Waals surface area (Å²) < 4.78 is 10.9. The Labute approximate surface area is 106 Å². The highest BCUT2D eigenvalue weighted by molar-refractivity contribution is 4.80. The minimum absolute atomic E-state index is 0.308. The summed E-state index contributed by atoms with van der Waals surface area (Å²) in [5, 5.41) is 3.48. The molecule has 1 N–H and O–H groups in total. The second-order valence-electron chi connectivity index (χ2n) is 5.34. The topological polar surface area (TPSA) is 30.5 Å². The SMILES string of the molecule is CCC(CC)(CNCCOC)COCC1CC1. The second kappa shape index (κ2) is 8.06. The van der Waals surface area contributed by atoms with Gasteiger partial charge in [-0.1, -0.05) is 13.8 Å². The van der Waals surface area contributed by atoms with Crippen molar-refractivity contribution in [2.24, 2.45) is 11.3 Å². The fourth-order valence-electron chi connectivity index (χ4n) is 2.01. The van der Waals surface area contributed by atoms with Gasteiger partial charge in [-0.2, -0.15) is 0 Å². The first-order valence-electron chi connectivity index (χ1n) is 7.03. The maximum absolute atomic E-state index is 5.89. The first-order chi connectivity index (χ1) is 8.26. The molecule has 0 amide bonds. The Morgan fingerprint density at radius 1 is 1.24 bits per heavy atom. The van der Waals surface area contributed by atoms with Crippen LogP contribution in [0.25, 0.3) is 0 Å². The summed E-state index contributed by atoms with van der Waals surface area (Å²) >= 11 is 0. The van der Waals surface area contributed by atoms with E-state index in [-0.39, 0.29) is 0 Å². The van der Waals surface area contributed by atoms with Gasteiger partial charge in [-0.05, 0) is 31.6 Å². The average molecular weight is 243 g/mol. The molecule has 0 aromatic rings. The summed E-state index contributed by atoms with van der Waals surface area (Å²) in [6.07, 6.45) is 5.09. The zero-order valence-electron chi connectivity index (χ0n) is 11.8. The fourth-order valence-corrected chi connectivity index (χ4v) is 2.01. The summed E-state index contributed by atoms with van der Waals surface area (Å²) in [6, 6.07) is 0.